The summed E-state index contributed by atoms with van der Waals surface area (Å²) in [6.07, 6.45) is 11.5. The second-order valence-corrected chi connectivity index (χ2v) is 11.8. The standard InChI is InChI=1S/C28H39N3O3/c1-17-5-9-23(32)22(30-17)16-29-25(33)15-18-6-8-20-19-7-10-24-28(3,14-12-26(34)31(24)4)21(19)11-13-27(18,20)2/h5,9,12,14,18-21,24,32H,6-8,10-11,13,15-16H2,1-4H3,(H,29,33)/t18-,19?,20?,21?,24?,27-,28-/m1/s1. The number of hydrogen-bond donors (Lipinski definition) is 2. The fourth-order valence-corrected chi connectivity index (χ4v) is 8.39. The molecular weight excluding hydrogens is 426 g/mol. The van der Waals surface area contributed by atoms with Crippen LogP contribution in [0.25, 0.3) is 0 Å². The fourth-order valence-electron chi connectivity index (χ4n) is 8.39. The molecule has 3 aliphatic carbocycles. The molecule has 4 unspecified atom stereocenters. The number of carbonyl (C=O) groups is 2. The molecule has 0 saturated heterocycles. The zero-order valence-electron chi connectivity index (χ0n) is 21.0. The van der Waals surface area contributed by atoms with Crippen LogP contribution in [0, 0.1) is 41.4 Å². The molecular formula is C28H39N3O3. The van der Waals surface area contributed by atoms with Gasteiger partial charge in [-0.15, -0.1) is 0 Å². The molecule has 0 spiro atoms. The van der Waals surface area contributed by atoms with Crippen molar-refractivity contribution in [1.29, 1.82) is 0 Å². The second kappa shape index (κ2) is 8.39. The average Bonchev–Trinajstić information content (AvgIpc) is 3.13. The number of hydrogen-bond acceptors (Lipinski definition) is 4. The summed E-state index contributed by atoms with van der Waals surface area (Å²) in [6, 6.07) is 3.71. The molecule has 6 nitrogen and oxygen atoms in total. The number of likely N-dealkylation sites (N-methyl/N-ethyl adjacent to an activating group) is 1. The minimum Gasteiger partial charge on any atom is -0.506 e. The van der Waals surface area contributed by atoms with Crippen LogP contribution in [0.15, 0.2) is 24.3 Å². The van der Waals surface area contributed by atoms with Crippen LogP contribution >= 0.6 is 0 Å². The molecule has 2 heterocycles. The Morgan fingerprint density at radius 2 is 1.97 bits per heavy atom. The highest BCUT2D eigenvalue weighted by atomic mass is 16.3. The average molecular weight is 466 g/mol. The van der Waals surface area contributed by atoms with Crippen molar-refractivity contribution in [1.82, 2.24) is 15.2 Å². The minimum absolute atomic E-state index is 0.0581. The van der Waals surface area contributed by atoms with Crippen molar-refractivity contribution in [3.63, 3.8) is 0 Å². The molecule has 1 aromatic rings. The van der Waals surface area contributed by atoms with Gasteiger partial charge in [0.1, 0.15) is 11.4 Å². The van der Waals surface area contributed by atoms with E-state index in [-0.39, 0.29) is 34.9 Å². The van der Waals surface area contributed by atoms with E-state index >= 15 is 0 Å². The second-order valence-electron chi connectivity index (χ2n) is 11.8. The van der Waals surface area contributed by atoms with E-state index < -0.39 is 0 Å². The first-order chi connectivity index (χ1) is 16.1. The Hall–Kier alpha value is -2.37. The number of pyridine rings is 1. The zero-order valence-corrected chi connectivity index (χ0v) is 21.0. The molecule has 7 atom stereocenters. The van der Waals surface area contributed by atoms with E-state index in [0.717, 1.165) is 25.0 Å². The molecule has 0 radical (unpaired) electrons. The number of aromatic hydroxyl groups is 1. The SMILES string of the molecule is Cc1ccc(O)c(CNC(=O)C[C@H]2CCC3C4CCC5N(C)C(=O)C=C[C@]5(C)C4CC[C@@]32C)n1. The van der Waals surface area contributed by atoms with Gasteiger partial charge < -0.3 is 15.3 Å². The first-order valence-corrected chi connectivity index (χ1v) is 13.0. The first kappa shape index (κ1) is 23.4. The van der Waals surface area contributed by atoms with Crippen molar-refractivity contribution in [2.24, 2.45) is 34.5 Å². The third-order valence-corrected chi connectivity index (χ3v) is 10.3. The van der Waals surface area contributed by atoms with Gasteiger partial charge in [-0.2, -0.15) is 0 Å². The monoisotopic (exact) mass is 465 g/mol. The van der Waals surface area contributed by atoms with Crippen LogP contribution in [0.4, 0.5) is 0 Å². The number of aromatic nitrogens is 1. The Kier molecular flexibility index (Phi) is 5.77. The summed E-state index contributed by atoms with van der Waals surface area (Å²) < 4.78 is 0. The van der Waals surface area contributed by atoms with Crippen LogP contribution in [0.2, 0.25) is 0 Å². The fraction of sp³-hybridized carbons (Fsp3) is 0.679. The summed E-state index contributed by atoms with van der Waals surface area (Å²) in [5, 5.41) is 13.0. The molecule has 2 amide bonds. The molecule has 0 bridgehead atoms. The molecule has 184 valence electrons. The van der Waals surface area contributed by atoms with Gasteiger partial charge in [0.2, 0.25) is 11.8 Å². The van der Waals surface area contributed by atoms with E-state index in [4.69, 9.17) is 0 Å². The van der Waals surface area contributed by atoms with Crippen LogP contribution in [0.5, 0.6) is 5.75 Å². The Bertz CT molecular complexity index is 1020. The summed E-state index contributed by atoms with van der Waals surface area (Å²) >= 11 is 0. The van der Waals surface area contributed by atoms with Crippen molar-refractivity contribution in [2.75, 3.05) is 7.05 Å². The molecule has 1 aliphatic heterocycles. The topological polar surface area (TPSA) is 82.5 Å². The van der Waals surface area contributed by atoms with Gasteiger partial charge in [-0.25, -0.2) is 0 Å². The summed E-state index contributed by atoms with van der Waals surface area (Å²) in [7, 11) is 1.97. The highest BCUT2D eigenvalue weighted by Gasteiger charge is 2.60. The number of nitrogens with one attached hydrogen (secondary N) is 1. The normalized spacial score (nSPS) is 38.8. The van der Waals surface area contributed by atoms with Crippen molar-refractivity contribution >= 4 is 11.8 Å². The Morgan fingerprint density at radius 3 is 2.76 bits per heavy atom. The summed E-state index contributed by atoms with van der Waals surface area (Å²) in [4.78, 5) is 31.5. The Labute approximate surface area is 203 Å². The van der Waals surface area contributed by atoms with Crippen molar-refractivity contribution < 1.29 is 14.7 Å². The molecule has 5 rings (SSSR count). The molecule has 3 fully saturated rings. The van der Waals surface area contributed by atoms with E-state index in [9.17, 15) is 14.7 Å². The summed E-state index contributed by atoms with van der Waals surface area (Å²) in [5.41, 5.74) is 1.62. The molecule has 34 heavy (non-hydrogen) atoms. The molecule has 6 heteroatoms. The van der Waals surface area contributed by atoms with Crippen LogP contribution in [-0.4, -0.2) is 39.9 Å². The predicted octanol–water partition coefficient (Wildman–Crippen LogP) is 4.36. The Morgan fingerprint density at radius 1 is 1.18 bits per heavy atom. The van der Waals surface area contributed by atoms with Gasteiger partial charge in [0.25, 0.3) is 0 Å². The van der Waals surface area contributed by atoms with Crippen LogP contribution in [-0.2, 0) is 16.1 Å². The van der Waals surface area contributed by atoms with Gasteiger partial charge in [0.05, 0.1) is 6.54 Å². The van der Waals surface area contributed by atoms with Crippen LogP contribution in [0.1, 0.15) is 70.2 Å². The maximum absolute atomic E-state index is 12.9. The number of rotatable bonds is 4. The lowest BCUT2D eigenvalue weighted by atomic mass is 9.47. The van der Waals surface area contributed by atoms with Gasteiger partial charge in [-0.3, -0.25) is 14.6 Å². The highest BCUT2D eigenvalue weighted by Crippen LogP contribution is 2.65. The van der Waals surface area contributed by atoms with Gasteiger partial charge in [-0.1, -0.05) is 19.9 Å². The summed E-state index contributed by atoms with van der Waals surface area (Å²) in [5.74, 6) is 2.66. The maximum atomic E-state index is 12.9. The lowest BCUT2D eigenvalue weighted by molar-refractivity contribution is -0.139. The molecule has 4 aliphatic rings. The van der Waals surface area contributed by atoms with Gasteiger partial charge in [0.15, 0.2) is 0 Å². The number of nitrogens with zero attached hydrogens (tertiary/aromatic N) is 2. The third-order valence-electron chi connectivity index (χ3n) is 10.3. The van der Waals surface area contributed by atoms with Gasteiger partial charge in [0, 0.05) is 30.6 Å². The van der Waals surface area contributed by atoms with E-state index in [0.29, 0.717) is 41.8 Å². The lowest BCUT2D eigenvalue weighted by Crippen LogP contribution is -2.59. The van der Waals surface area contributed by atoms with E-state index in [2.05, 4.69) is 30.2 Å². The molecule has 1 aromatic heterocycles. The van der Waals surface area contributed by atoms with Crippen molar-refractivity contribution in [3.05, 3.63) is 35.7 Å². The van der Waals surface area contributed by atoms with E-state index in [1.807, 2.05) is 18.9 Å². The number of fused-ring (bicyclic) bond motifs is 5. The van der Waals surface area contributed by atoms with E-state index in [1.165, 1.54) is 19.3 Å². The molecule has 3 saturated carbocycles. The smallest absolute Gasteiger partial charge is 0.246 e. The van der Waals surface area contributed by atoms with Crippen LogP contribution < -0.4 is 5.32 Å². The van der Waals surface area contributed by atoms with Crippen LogP contribution in [0.3, 0.4) is 0 Å². The quantitative estimate of drug-likeness (QED) is 0.692. The zero-order chi connectivity index (χ0) is 24.3. The minimum atomic E-state index is 0.0581. The maximum Gasteiger partial charge on any atom is 0.246 e. The van der Waals surface area contributed by atoms with Crippen molar-refractivity contribution in [2.45, 2.75) is 78.3 Å². The lowest BCUT2D eigenvalue weighted by Gasteiger charge is -2.60. The number of aryl methyl sites for hydroxylation is 1. The first-order valence-electron chi connectivity index (χ1n) is 13.0. The van der Waals surface area contributed by atoms with Gasteiger partial charge >= 0.3 is 0 Å². The Balaban J connectivity index is 1.26. The molecule has 0 aromatic carbocycles. The number of carbonyl (C=O) groups excluding carboxylic acids is 2. The number of amides is 2. The van der Waals surface area contributed by atoms with E-state index in [1.54, 1.807) is 18.2 Å². The summed E-state index contributed by atoms with van der Waals surface area (Å²) in [6.45, 7) is 6.97. The molecule has 2 N–H and O–H groups in total. The largest absolute Gasteiger partial charge is 0.506 e. The third kappa shape index (κ3) is 3.64. The van der Waals surface area contributed by atoms with Crippen molar-refractivity contribution in [3.8, 4) is 5.75 Å². The predicted molar refractivity (Wildman–Crippen MR) is 131 cm³/mol. The van der Waals surface area contributed by atoms with Gasteiger partial charge in [-0.05, 0) is 92.7 Å². The highest BCUT2D eigenvalue weighted by molar-refractivity contribution is 5.89.